The number of alkyl halides is 1. The lowest BCUT2D eigenvalue weighted by molar-refractivity contribution is 0.790. The Hall–Kier alpha value is -1.34. The highest BCUT2D eigenvalue weighted by atomic mass is 35.5. The standard InChI is InChI=1S/C15H16ClN/c1-12-7-8-13(11-17-12)9-10-15(16)14-5-3-2-4-6-14/h2-8,11,15H,9-10H2,1H3. The van der Waals surface area contributed by atoms with E-state index in [0.717, 1.165) is 18.5 Å². The fraction of sp³-hybridized carbons (Fsp3) is 0.267. The van der Waals surface area contributed by atoms with Crippen molar-refractivity contribution >= 4 is 11.6 Å². The zero-order valence-corrected chi connectivity index (χ0v) is 10.7. The Balaban J connectivity index is 1.92. The highest BCUT2D eigenvalue weighted by Crippen LogP contribution is 2.25. The molecule has 0 aliphatic heterocycles. The van der Waals surface area contributed by atoms with Crippen LogP contribution in [0.25, 0.3) is 0 Å². The summed E-state index contributed by atoms with van der Waals surface area (Å²) >= 11 is 6.37. The third kappa shape index (κ3) is 3.57. The Morgan fingerprint density at radius 2 is 1.88 bits per heavy atom. The van der Waals surface area contributed by atoms with Crippen LogP contribution in [0.5, 0.6) is 0 Å². The minimum atomic E-state index is 0.0810. The highest BCUT2D eigenvalue weighted by Gasteiger charge is 2.07. The molecule has 0 aliphatic rings. The monoisotopic (exact) mass is 245 g/mol. The summed E-state index contributed by atoms with van der Waals surface area (Å²) < 4.78 is 0. The van der Waals surface area contributed by atoms with Gasteiger partial charge in [-0.2, -0.15) is 0 Å². The van der Waals surface area contributed by atoms with Gasteiger partial charge in [-0.1, -0.05) is 36.4 Å². The van der Waals surface area contributed by atoms with Crippen molar-refractivity contribution < 1.29 is 0 Å². The first-order valence-electron chi connectivity index (χ1n) is 5.86. The number of aromatic nitrogens is 1. The zero-order chi connectivity index (χ0) is 12.1. The van der Waals surface area contributed by atoms with Crippen molar-refractivity contribution in [3.63, 3.8) is 0 Å². The van der Waals surface area contributed by atoms with Gasteiger partial charge in [-0.15, -0.1) is 11.6 Å². The van der Waals surface area contributed by atoms with Gasteiger partial charge in [0.25, 0.3) is 0 Å². The van der Waals surface area contributed by atoms with Gasteiger partial charge in [0.15, 0.2) is 0 Å². The van der Waals surface area contributed by atoms with Crippen molar-refractivity contribution in [1.82, 2.24) is 4.98 Å². The van der Waals surface area contributed by atoms with Crippen molar-refractivity contribution in [2.45, 2.75) is 25.1 Å². The van der Waals surface area contributed by atoms with Crippen LogP contribution in [0.2, 0.25) is 0 Å². The van der Waals surface area contributed by atoms with Crippen LogP contribution < -0.4 is 0 Å². The van der Waals surface area contributed by atoms with Gasteiger partial charge in [0.1, 0.15) is 0 Å². The van der Waals surface area contributed by atoms with E-state index in [0.29, 0.717) is 0 Å². The molecule has 88 valence electrons. The van der Waals surface area contributed by atoms with Gasteiger partial charge in [-0.3, -0.25) is 4.98 Å². The van der Waals surface area contributed by atoms with E-state index in [1.165, 1.54) is 11.1 Å². The molecular formula is C15H16ClN. The number of halogens is 1. The van der Waals surface area contributed by atoms with E-state index >= 15 is 0 Å². The number of aryl methyl sites for hydroxylation is 2. The van der Waals surface area contributed by atoms with Crippen LogP contribution >= 0.6 is 11.6 Å². The van der Waals surface area contributed by atoms with E-state index in [4.69, 9.17) is 11.6 Å². The van der Waals surface area contributed by atoms with E-state index in [2.05, 4.69) is 23.2 Å². The fourth-order valence-corrected chi connectivity index (χ4v) is 2.02. The van der Waals surface area contributed by atoms with E-state index in [9.17, 15) is 0 Å². The quantitative estimate of drug-likeness (QED) is 0.732. The van der Waals surface area contributed by atoms with Crippen LogP contribution in [0, 0.1) is 6.92 Å². The first-order valence-corrected chi connectivity index (χ1v) is 6.30. The molecule has 0 fully saturated rings. The molecule has 2 aromatic rings. The van der Waals surface area contributed by atoms with Crippen LogP contribution in [-0.2, 0) is 6.42 Å². The average Bonchev–Trinajstić information content (AvgIpc) is 2.39. The van der Waals surface area contributed by atoms with Gasteiger partial charge in [-0.05, 0) is 37.0 Å². The number of pyridine rings is 1. The van der Waals surface area contributed by atoms with Crippen LogP contribution in [0.3, 0.4) is 0 Å². The van der Waals surface area contributed by atoms with E-state index in [1.807, 2.05) is 37.4 Å². The SMILES string of the molecule is Cc1ccc(CCC(Cl)c2ccccc2)cn1. The van der Waals surface area contributed by atoms with Crippen LogP contribution in [0.4, 0.5) is 0 Å². The molecule has 1 atom stereocenters. The topological polar surface area (TPSA) is 12.9 Å². The van der Waals surface area contributed by atoms with Crippen molar-refractivity contribution in [3.8, 4) is 0 Å². The molecule has 1 aromatic carbocycles. The highest BCUT2D eigenvalue weighted by molar-refractivity contribution is 6.20. The normalized spacial score (nSPS) is 12.4. The molecule has 2 rings (SSSR count). The summed E-state index contributed by atoms with van der Waals surface area (Å²) in [5, 5.41) is 0.0810. The van der Waals surface area contributed by atoms with Gasteiger partial charge in [-0.25, -0.2) is 0 Å². The fourth-order valence-electron chi connectivity index (χ4n) is 1.77. The molecule has 0 saturated carbocycles. The molecule has 0 amide bonds. The summed E-state index contributed by atoms with van der Waals surface area (Å²) in [7, 11) is 0. The first kappa shape index (κ1) is 12.1. The number of nitrogens with zero attached hydrogens (tertiary/aromatic N) is 1. The Morgan fingerprint density at radius 3 is 2.53 bits per heavy atom. The van der Waals surface area contributed by atoms with Crippen LogP contribution in [0.1, 0.15) is 28.6 Å². The maximum Gasteiger partial charge on any atom is 0.0588 e. The molecule has 0 radical (unpaired) electrons. The summed E-state index contributed by atoms with van der Waals surface area (Å²) in [6, 6.07) is 14.4. The van der Waals surface area contributed by atoms with Gasteiger partial charge in [0, 0.05) is 11.9 Å². The molecule has 0 N–H and O–H groups in total. The van der Waals surface area contributed by atoms with Crippen LogP contribution in [-0.4, -0.2) is 4.98 Å². The molecule has 17 heavy (non-hydrogen) atoms. The second-order valence-electron chi connectivity index (χ2n) is 4.22. The molecule has 0 bridgehead atoms. The Bertz CT molecular complexity index is 450. The maximum atomic E-state index is 6.37. The minimum absolute atomic E-state index is 0.0810. The number of rotatable bonds is 4. The number of hydrogen-bond donors (Lipinski definition) is 0. The summed E-state index contributed by atoms with van der Waals surface area (Å²) in [4.78, 5) is 4.29. The summed E-state index contributed by atoms with van der Waals surface area (Å²) in [5.41, 5.74) is 3.49. The Labute approximate surface area is 107 Å². The summed E-state index contributed by atoms with van der Waals surface area (Å²) in [5.74, 6) is 0. The van der Waals surface area contributed by atoms with Crippen molar-refractivity contribution in [1.29, 1.82) is 0 Å². The molecule has 0 saturated heterocycles. The zero-order valence-electron chi connectivity index (χ0n) is 9.94. The summed E-state index contributed by atoms with van der Waals surface area (Å²) in [6.07, 6.45) is 3.84. The smallest absolute Gasteiger partial charge is 0.0588 e. The first-order chi connectivity index (χ1) is 8.25. The van der Waals surface area contributed by atoms with Crippen molar-refractivity contribution in [2.75, 3.05) is 0 Å². The molecule has 1 nitrogen and oxygen atoms in total. The van der Waals surface area contributed by atoms with Crippen molar-refractivity contribution in [2.24, 2.45) is 0 Å². The molecular weight excluding hydrogens is 230 g/mol. The lowest BCUT2D eigenvalue weighted by Gasteiger charge is -2.09. The predicted molar refractivity (Wildman–Crippen MR) is 72.3 cm³/mol. The largest absolute Gasteiger partial charge is 0.261 e. The lowest BCUT2D eigenvalue weighted by Crippen LogP contribution is -1.94. The van der Waals surface area contributed by atoms with E-state index < -0.39 is 0 Å². The number of hydrogen-bond acceptors (Lipinski definition) is 1. The maximum absolute atomic E-state index is 6.37. The van der Waals surface area contributed by atoms with Gasteiger partial charge in [0.2, 0.25) is 0 Å². The van der Waals surface area contributed by atoms with Gasteiger partial charge >= 0.3 is 0 Å². The third-order valence-electron chi connectivity index (χ3n) is 2.82. The van der Waals surface area contributed by atoms with Gasteiger partial charge < -0.3 is 0 Å². The summed E-state index contributed by atoms with van der Waals surface area (Å²) in [6.45, 7) is 2.00. The second-order valence-corrected chi connectivity index (χ2v) is 4.75. The number of benzene rings is 1. The lowest BCUT2D eigenvalue weighted by atomic mass is 10.0. The van der Waals surface area contributed by atoms with Gasteiger partial charge in [0.05, 0.1) is 5.38 Å². The minimum Gasteiger partial charge on any atom is -0.261 e. The third-order valence-corrected chi connectivity index (χ3v) is 3.29. The Morgan fingerprint density at radius 1 is 1.12 bits per heavy atom. The van der Waals surface area contributed by atoms with E-state index in [-0.39, 0.29) is 5.38 Å². The van der Waals surface area contributed by atoms with Crippen LogP contribution in [0.15, 0.2) is 48.7 Å². The predicted octanol–water partition coefficient (Wildman–Crippen LogP) is 4.30. The average molecular weight is 246 g/mol. The molecule has 2 heteroatoms. The molecule has 1 heterocycles. The van der Waals surface area contributed by atoms with E-state index in [1.54, 1.807) is 0 Å². The molecule has 1 unspecified atom stereocenters. The second kappa shape index (κ2) is 5.83. The molecule has 0 aliphatic carbocycles. The Kier molecular flexibility index (Phi) is 4.16. The molecule has 1 aromatic heterocycles. The molecule has 0 spiro atoms. The van der Waals surface area contributed by atoms with Crippen molar-refractivity contribution in [3.05, 3.63) is 65.5 Å².